The molecule has 0 unspecified atom stereocenters. The molecule has 1 fully saturated rings. The van der Waals surface area contributed by atoms with Gasteiger partial charge < -0.3 is 4.90 Å². The predicted molar refractivity (Wildman–Crippen MR) is 67.8 cm³/mol. The Morgan fingerprint density at radius 3 is 2.78 bits per heavy atom. The van der Waals surface area contributed by atoms with E-state index in [1.165, 1.54) is 18.2 Å². The van der Waals surface area contributed by atoms with Gasteiger partial charge in [0.1, 0.15) is 5.02 Å². The molecule has 1 aromatic carbocycles. The SMILES string of the molecule is CN(CC1CC1)C(=O)c1ccc(Cl)c([N+](=O)[O-])c1. The molecule has 1 amide bonds. The van der Waals surface area contributed by atoms with Crippen LogP contribution in [0.5, 0.6) is 0 Å². The smallest absolute Gasteiger partial charge is 0.288 e. The van der Waals surface area contributed by atoms with Gasteiger partial charge in [0.25, 0.3) is 11.6 Å². The van der Waals surface area contributed by atoms with Crippen LogP contribution in [0.4, 0.5) is 5.69 Å². The lowest BCUT2D eigenvalue weighted by Gasteiger charge is -2.16. The number of rotatable bonds is 4. The zero-order valence-electron chi connectivity index (χ0n) is 9.93. The number of carbonyl (C=O) groups excluding carboxylic acids is 1. The van der Waals surface area contributed by atoms with Gasteiger partial charge in [-0.15, -0.1) is 0 Å². The van der Waals surface area contributed by atoms with E-state index in [2.05, 4.69) is 0 Å². The van der Waals surface area contributed by atoms with Gasteiger partial charge in [-0.25, -0.2) is 0 Å². The van der Waals surface area contributed by atoms with Gasteiger partial charge >= 0.3 is 0 Å². The summed E-state index contributed by atoms with van der Waals surface area (Å²) in [4.78, 5) is 23.8. The van der Waals surface area contributed by atoms with Crippen molar-refractivity contribution in [3.05, 3.63) is 38.9 Å². The highest BCUT2D eigenvalue weighted by Gasteiger charge is 2.26. The third-order valence-electron chi connectivity index (χ3n) is 2.97. The number of hydrogen-bond acceptors (Lipinski definition) is 3. The fourth-order valence-electron chi connectivity index (χ4n) is 1.78. The quantitative estimate of drug-likeness (QED) is 0.623. The minimum Gasteiger partial charge on any atom is -0.341 e. The van der Waals surface area contributed by atoms with E-state index < -0.39 is 4.92 Å². The topological polar surface area (TPSA) is 63.5 Å². The zero-order chi connectivity index (χ0) is 13.3. The van der Waals surface area contributed by atoms with Crippen molar-refractivity contribution in [3.8, 4) is 0 Å². The van der Waals surface area contributed by atoms with Crippen LogP contribution in [0.25, 0.3) is 0 Å². The Bertz CT molecular complexity index is 500. The summed E-state index contributed by atoms with van der Waals surface area (Å²) in [7, 11) is 1.71. The Kier molecular flexibility index (Phi) is 3.52. The normalized spacial score (nSPS) is 14.3. The van der Waals surface area contributed by atoms with Crippen molar-refractivity contribution in [1.82, 2.24) is 4.90 Å². The molecule has 2 rings (SSSR count). The van der Waals surface area contributed by atoms with Crippen LogP contribution in [0.3, 0.4) is 0 Å². The molecule has 0 aliphatic heterocycles. The second-order valence-electron chi connectivity index (χ2n) is 4.55. The molecule has 5 nitrogen and oxygen atoms in total. The van der Waals surface area contributed by atoms with Gasteiger partial charge in [-0.2, -0.15) is 0 Å². The third kappa shape index (κ3) is 2.79. The van der Waals surface area contributed by atoms with Gasteiger partial charge in [-0.1, -0.05) is 11.6 Å². The number of nitro groups is 1. The molecule has 0 saturated heterocycles. The minimum absolute atomic E-state index is 0.0430. The molecule has 0 spiro atoms. The highest BCUT2D eigenvalue weighted by Crippen LogP contribution is 2.30. The number of nitro benzene ring substituents is 1. The van der Waals surface area contributed by atoms with Crippen molar-refractivity contribution in [2.24, 2.45) is 5.92 Å². The summed E-state index contributed by atoms with van der Waals surface area (Å²) in [6.45, 7) is 0.704. The van der Waals surface area contributed by atoms with Gasteiger partial charge in [0.15, 0.2) is 0 Å². The maximum atomic E-state index is 12.1. The largest absolute Gasteiger partial charge is 0.341 e. The van der Waals surface area contributed by atoms with Crippen molar-refractivity contribution < 1.29 is 9.72 Å². The summed E-state index contributed by atoms with van der Waals surface area (Å²) in [5, 5.41) is 10.8. The Morgan fingerprint density at radius 1 is 1.56 bits per heavy atom. The van der Waals surface area contributed by atoms with Crippen LogP contribution in [-0.4, -0.2) is 29.3 Å². The van der Waals surface area contributed by atoms with Crippen LogP contribution in [0.2, 0.25) is 5.02 Å². The van der Waals surface area contributed by atoms with Crippen molar-refractivity contribution in [2.75, 3.05) is 13.6 Å². The predicted octanol–water partition coefficient (Wildman–Crippen LogP) is 2.73. The Balaban J connectivity index is 2.18. The first-order chi connectivity index (χ1) is 8.49. The van der Waals surface area contributed by atoms with Crippen molar-refractivity contribution >= 4 is 23.2 Å². The Hall–Kier alpha value is -1.62. The summed E-state index contributed by atoms with van der Waals surface area (Å²) in [5.74, 6) is 0.378. The van der Waals surface area contributed by atoms with Gasteiger partial charge in [-0.3, -0.25) is 14.9 Å². The Morgan fingerprint density at radius 2 is 2.22 bits per heavy atom. The molecule has 96 valence electrons. The molecular weight excluding hydrogens is 256 g/mol. The number of amides is 1. The lowest BCUT2D eigenvalue weighted by Crippen LogP contribution is -2.28. The average Bonchev–Trinajstić information content (AvgIpc) is 3.12. The first-order valence-corrected chi connectivity index (χ1v) is 6.06. The highest BCUT2D eigenvalue weighted by molar-refractivity contribution is 6.32. The number of nitrogens with zero attached hydrogens (tertiary/aromatic N) is 2. The highest BCUT2D eigenvalue weighted by atomic mass is 35.5. The molecule has 0 radical (unpaired) electrons. The van der Waals surface area contributed by atoms with E-state index >= 15 is 0 Å². The van der Waals surface area contributed by atoms with Gasteiger partial charge in [0.05, 0.1) is 4.92 Å². The van der Waals surface area contributed by atoms with Crippen molar-refractivity contribution in [3.63, 3.8) is 0 Å². The maximum absolute atomic E-state index is 12.1. The summed E-state index contributed by atoms with van der Waals surface area (Å²) in [6, 6.07) is 4.13. The second-order valence-corrected chi connectivity index (χ2v) is 4.96. The van der Waals surface area contributed by atoms with Crippen molar-refractivity contribution in [2.45, 2.75) is 12.8 Å². The lowest BCUT2D eigenvalue weighted by atomic mass is 10.1. The molecule has 0 N–H and O–H groups in total. The van der Waals surface area contributed by atoms with Gasteiger partial charge in [-0.05, 0) is 30.9 Å². The molecular formula is C12H13ClN2O3. The lowest BCUT2D eigenvalue weighted by molar-refractivity contribution is -0.384. The van der Waals surface area contributed by atoms with E-state index in [0.717, 1.165) is 12.8 Å². The standard InChI is InChI=1S/C12H13ClN2O3/c1-14(7-8-2-3-8)12(16)9-4-5-10(13)11(6-9)15(17)18/h4-6,8H,2-3,7H2,1H3. The van der Waals surface area contributed by atoms with E-state index in [9.17, 15) is 14.9 Å². The monoisotopic (exact) mass is 268 g/mol. The summed E-state index contributed by atoms with van der Waals surface area (Å²) in [5.41, 5.74) is 0.0663. The summed E-state index contributed by atoms with van der Waals surface area (Å²) >= 11 is 5.70. The molecule has 6 heteroatoms. The molecule has 1 saturated carbocycles. The zero-order valence-corrected chi connectivity index (χ0v) is 10.7. The number of carbonyl (C=O) groups is 1. The molecule has 0 atom stereocenters. The fourth-order valence-corrected chi connectivity index (χ4v) is 1.96. The second kappa shape index (κ2) is 4.94. The number of benzene rings is 1. The maximum Gasteiger partial charge on any atom is 0.288 e. The summed E-state index contributed by atoms with van der Waals surface area (Å²) < 4.78 is 0. The van der Waals surface area contributed by atoms with Crippen LogP contribution in [0, 0.1) is 16.0 Å². The van der Waals surface area contributed by atoms with Crippen molar-refractivity contribution in [1.29, 1.82) is 0 Å². The van der Waals surface area contributed by atoms with Crippen LogP contribution < -0.4 is 0 Å². The Labute approximate surface area is 109 Å². The molecule has 1 aliphatic rings. The van der Waals surface area contributed by atoms with Crippen LogP contribution in [0.15, 0.2) is 18.2 Å². The van der Waals surface area contributed by atoms with Gasteiger partial charge in [0, 0.05) is 25.2 Å². The third-order valence-corrected chi connectivity index (χ3v) is 3.29. The molecule has 0 aromatic heterocycles. The number of halogens is 1. The molecule has 1 aromatic rings. The first kappa shape index (κ1) is 12.8. The number of hydrogen-bond donors (Lipinski definition) is 0. The molecule has 18 heavy (non-hydrogen) atoms. The van der Waals surface area contributed by atoms with Gasteiger partial charge in [0.2, 0.25) is 0 Å². The fraction of sp³-hybridized carbons (Fsp3) is 0.417. The molecule has 1 aliphatic carbocycles. The van der Waals surface area contributed by atoms with Crippen LogP contribution in [0.1, 0.15) is 23.2 Å². The van der Waals surface area contributed by atoms with E-state index in [4.69, 9.17) is 11.6 Å². The van der Waals surface area contributed by atoms with Crippen LogP contribution >= 0.6 is 11.6 Å². The molecule has 0 heterocycles. The summed E-state index contributed by atoms with van der Waals surface area (Å²) in [6.07, 6.45) is 2.30. The van der Waals surface area contributed by atoms with E-state index in [-0.39, 0.29) is 16.6 Å². The van der Waals surface area contributed by atoms with E-state index in [1.807, 2.05) is 0 Å². The van der Waals surface area contributed by atoms with Crippen LogP contribution in [-0.2, 0) is 0 Å². The average molecular weight is 269 g/mol. The van der Waals surface area contributed by atoms with E-state index in [0.29, 0.717) is 18.0 Å². The van der Waals surface area contributed by atoms with E-state index in [1.54, 1.807) is 11.9 Å². The first-order valence-electron chi connectivity index (χ1n) is 5.68. The molecule has 0 bridgehead atoms. The minimum atomic E-state index is -0.583.